The van der Waals surface area contributed by atoms with Gasteiger partial charge in [-0.15, -0.1) is 0 Å². The quantitative estimate of drug-likeness (QED) is 0.815. The summed E-state index contributed by atoms with van der Waals surface area (Å²) in [4.78, 5) is 0. The lowest BCUT2D eigenvalue weighted by molar-refractivity contribution is -0.140. The zero-order valence-corrected chi connectivity index (χ0v) is 10.4. The van der Waals surface area contributed by atoms with Gasteiger partial charge < -0.3 is 5.32 Å². The highest BCUT2D eigenvalue weighted by Crippen LogP contribution is 2.32. The first-order valence-electron chi connectivity index (χ1n) is 5.48. The third-order valence-corrected chi connectivity index (χ3v) is 2.81. The fourth-order valence-electron chi connectivity index (χ4n) is 1.47. The summed E-state index contributed by atoms with van der Waals surface area (Å²) >= 11 is 0. The topological polar surface area (TPSA) is 12.0 Å². The van der Waals surface area contributed by atoms with Crippen LogP contribution in [0.1, 0.15) is 25.0 Å². The number of nitrogens with one attached hydrogen (secondary N) is 1. The molecule has 1 aromatic carbocycles. The largest absolute Gasteiger partial charge is 0.419 e. The van der Waals surface area contributed by atoms with Gasteiger partial charge in [-0.25, -0.2) is 4.39 Å². The molecule has 0 saturated heterocycles. The molecule has 0 aliphatic rings. The lowest BCUT2D eigenvalue weighted by Gasteiger charge is -2.12. The highest BCUT2D eigenvalue weighted by atomic mass is 19.4. The van der Waals surface area contributed by atoms with Gasteiger partial charge in [-0.3, -0.25) is 0 Å². The van der Waals surface area contributed by atoms with Gasteiger partial charge in [0.1, 0.15) is 5.82 Å². The van der Waals surface area contributed by atoms with E-state index in [2.05, 4.69) is 5.32 Å². The molecule has 18 heavy (non-hydrogen) atoms. The van der Waals surface area contributed by atoms with Crippen molar-refractivity contribution in [1.29, 1.82) is 0 Å². The molecule has 1 N–H and O–H groups in total. The molecular formula is C13H15F4N. The van der Waals surface area contributed by atoms with Gasteiger partial charge >= 0.3 is 6.18 Å². The summed E-state index contributed by atoms with van der Waals surface area (Å²) in [5.41, 5.74) is -0.0262. The van der Waals surface area contributed by atoms with Gasteiger partial charge in [-0.05, 0) is 38.6 Å². The molecule has 5 heteroatoms. The van der Waals surface area contributed by atoms with Crippen molar-refractivity contribution in [3.8, 4) is 0 Å². The second-order valence-electron chi connectivity index (χ2n) is 4.14. The second-order valence-corrected chi connectivity index (χ2v) is 4.14. The molecule has 0 heterocycles. The van der Waals surface area contributed by atoms with Gasteiger partial charge in [0.2, 0.25) is 0 Å². The Morgan fingerprint density at radius 1 is 1.33 bits per heavy atom. The van der Waals surface area contributed by atoms with Gasteiger partial charge in [-0.2, -0.15) is 13.2 Å². The molecule has 0 radical (unpaired) electrons. The van der Waals surface area contributed by atoms with E-state index in [1.165, 1.54) is 6.07 Å². The van der Waals surface area contributed by atoms with Crippen LogP contribution in [0.3, 0.4) is 0 Å². The molecule has 100 valence electrons. The van der Waals surface area contributed by atoms with Crippen molar-refractivity contribution in [3.05, 3.63) is 40.7 Å². The Morgan fingerprint density at radius 2 is 1.94 bits per heavy atom. The molecule has 1 unspecified atom stereocenters. The highest BCUT2D eigenvalue weighted by Gasteiger charge is 2.34. The monoisotopic (exact) mass is 261 g/mol. The summed E-state index contributed by atoms with van der Waals surface area (Å²) in [6, 6.07) is 3.04. The summed E-state index contributed by atoms with van der Waals surface area (Å²) in [5, 5.41) is 2.98. The molecule has 0 aromatic heterocycles. The van der Waals surface area contributed by atoms with E-state index in [1.54, 1.807) is 20.0 Å². The molecule has 0 saturated carbocycles. The van der Waals surface area contributed by atoms with E-state index in [-0.39, 0.29) is 6.04 Å². The van der Waals surface area contributed by atoms with Crippen LogP contribution in [0.25, 0.3) is 6.08 Å². The average Bonchev–Trinajstić information content (AvgIpc) is 2.29. The predicted octanol–water partition coefficient (Wildman–Crippen LogP) is 3.86. The van der Waals surface area contributed by atoms with E-state index < -0.39 is 17.6 Å². The normalized spacial score (nSPS) is 14.7. The first-order valence-corrected chi connectivity index (χ1v) is 5.48. The minimum absolute atomic E-state index is 0.0457. The minimum atomic E-state index is -4.67. The molecule has 0 spiro atoms. The van der Waals surface area contributed by atoms with Crippen molar-refractivity contribution >= 4 is 6.08 Å². The first kappa shape index (κ1) is 14.7. The number of alkyl halides is 3. The smallest absolute Gasteiger partial charge is 0.314 e. The number of halogens is 4. The van der Waals surface area contributed by atoms with E-state index >= 15 is 0 Å². The van der Waals surface area contributed by atoms with Crippen LogP contribution >= 0.6 is 0 Å². The molecule has 0 aliphatic carbocycles. The van der Waals surface area contributed by atoms with Gasteiger partial charge in [-0.1, -0.05) is 17.7 Å². The zero-order chi connectivity index (χ0) is 13.9. The van der Waals surface area contributed by atoms with E-state index in [1.807, 2.05) is 6.92 Å². The maximum atomic E-state index is 13.1. The van der Waals surface area contributed by atoms with Crippen LogP contribution in [0, 0.1) is 5.82 Å². The van der Waals surface area contributed by atoms with E-state index in [0.717, 1.165) is 17.7 Å². The summed E-state index contributed by atoms with van der Waals surface area (Å²) in [5.74, 6) is -1.25. The third-order valence-electron chi connectivity index (χ3n) is 2.81. The lowest BCUT2D eigenvalue weighted by atomic mass is 10.0. The van der Waals surface area contributed by atoms with Crippen LogP contribution in [0.5, 0.6) is 0 Å². The van der Waals surface area contributed by atoms with E-state index in [9.17, 15) is 17.6 Å². The number of benzene rings is 1. The molecule has 0 amide bonds. The zero-order valence-electron chi connectivity index (χ0n) is 10.4. The Bertz CT molecular complexity index is 449. The summed E-state index contributed by atoms with van der Waals surface area (Å²) in [7, 11) is 1.76. The van der Waals surface area contributed by atoms with Crippen LogP contribution in [0.4, 0.5) is 17.6 Å². The Labute approximate surface area is 104 Å². The number of rotatable bonds is 3. The summed E-state index contributed by atoms with van der Waals surface area (Å²) in [6.45, 7) is 3.69. The Balaban J connectivity index is 3.14. The highest BCUT2D eigenvalue weighted by molar-refractivity contribution is 5.54. The summed E-state index contributed by atoms with van der Waals surface area (Å²) in [6.07, 6.45) is -3.06. The number of likely N-dealkylation sites (N-methyl/N-ethyl adjacent to an activating group) is 1. The van der Waals surface area contributed by atoms with Crippen LogP contribution in [0.15, 0.2) is 23.8 Å². The fourth-order valence-corrected chi connectivity index (χ4v) is 1.47. The average molecular weight is 261 g/mol. The standard InChI is InChI=1S/C13H15F4N/c1-8(9(2)18-3)6-10-4-5-12(14)11(7-10)13(15,16)17/h4-7,9,18H,1-3H3/b8-6+. The van der Waals surface area contributed by atoms with Gasteiger partial charge in [0.05, 0.1) is 5.56 Å². The van der Waals surface area contributed by atoms with Gasteiger partial charge in [0.25, 0.3) is 0 Å². The number of hydrogen-bond donors (Lipinski definition) is 1. The molecule has 1 atom stereocenters. The Hall–Kier alpha value is -1.36. The van der Waals surface area contributed by atoms with Crippen molar-refractivity contribution in [3.63, 3.8) is 0 Å². The predicted molar refractivity (Wildman–Crippen MR) is 63.6 cm³/mol. The van der Waals surface area contributed by atoms with Crippen molar-refractivity contribution in [2.45, 2.75) is 26.1 Å². The second kappa shape index (κ2) is 5.52. The maximum absolute atomic E-state index is 13.1. The Morgan fingerprint density at radius 3 is 2.44 bits per heavy atom. The minimum Gasteiger partial charge on any atom is -0.314 e. The molecular weight excluding hydrogens is 246 g/mol. The van der Waals surface area contributed by atoms with Crippen LogP contribution < -0.4 is 5.32 Å². The molecule has 0 aliphatic heterocycles. The lowest BCUT2D eigenvalue weighted by Crippen LogP contribution is -2.22. The maximum Gasteiger partial charge on any atom is 0.419 e. The molecule has 1 rings (SSSR count). The first-order chi connectivity index (χ1) is 8.25. The fraction of sp³-hybridized carbons (Fsp3) is 0.385. The molecule has 1 aromatic rings. The molecule has 1 nitrogen and oxygen atoms in total. The SMILES string of the molecule is CNC(C)/C(C)=C/c1ccc(F)c(C(F)(F)F)c1. The van der Waals surface area contributed by atoms with Crippen molar-refractivity contribution in [1.82, 2.24) is 5.32 Å². The van der Waals surface area contributed by atoms with E-state index in [4.69, 9.17) is 0 Å². The molecule has 0 fully saturated rings. The van der Waals surface area contributed by atoms with Crippen LogP contribution in [-0.2, 0) is 6.18 Å². The van der Waals surface area contributed by atoms with Crippen molar-refractivity contribution < 1.29 is 17.6 Å². The third kappa shape index (κ3) is 3.57. The van der Waals surface area contributed by atoms with Gasteiger partial charge in [0.15, 0.2) is 0 Å². The van der Waals surface area contributed by atoms with Crippen molar-refractivity contribution in [2.75, 3.05) is 7.05 Å². The Kier molecular flexibility index (Phi) is 4.51. The molecule has 0 bridgehead atoms. The number of hydrogen-bond acceptors (Lipinski definition) is 1. The van der Waals surface area contributed by atoms with E-state index in [0.29, 0.717) is 5.56 Å². The van der Waals surface area contributed by atoms with Crippen LogP contribution in [-0.4, -0.2) is 13.1 Å². The summed E-state index contributed by atoms with van der Waals surface area (Å²) < 4.78 is 50.6. The van der Waals surface area contributed by atoms with Gasteiger partial charge in [0, 0.05) is 6.04 Å². The van der Waals surface area contributed by atoms with Crippen molar-refractivity contribution in [2.24, 2.45) is 0 Å². The van der Waals surface area contributed by atoms with Crippen LogP contribution in [0.2, 0.25) is 0 Å².